The molecule has 0 radical (unpaired) electrons. The van der Waals surface area contributed by atoms with Crippen LogP contribution >= 0.6 is 0 Å². The summed E-state index contributed by atoms with van der Waals surface area (Å²) in [6.45, 7) is 19.1. The Morgan fingerprint density at radius 1 is 0.471 bits per heavy atom. The number of para-hydroxylation sites is 1. The van der Waals surface area contributed by atoms with Gasteiger partial charge in [-0.1, -0.05) is 168 Å². The quantitative estimate of drug-likeness (QED) is 0.167. The van der Waals surface area contributed by atoms with E-state index in [-0.39, 0.29) is 16.2 Å². The van der Waals surface area contributed by atoms with Crippen molar-refractivity contribution in [1.82, 2.24) is 0 Å². The van der Waals surface area contributed by atoms with Crippen molar-refractivity contribution in [2.24, 2.45) is 0 Å². The van der Waals surface area contributed by atoms with Crippen molar-refractivity contribution in [2.75, 3.05) is 4.90 Å². The van der Waals surface area contributed by atoms with Crippen molar-refractivity contribution in [3.8, 4) is 44.5 Å². The first kappa shape index (κ1) is 40.8. The highest BCUT2D eigenvalue weighted by Gasteiger charge is 2.44. The molecule has 1 nitrogen and oxygen atoms in total. The lowest BCUT2D eigenvalue weighted by Gasteiger charge is -2.34. The van der Waals surface area contributed by atoms with Gasteiger partial charge in [0.05, 0.1) is 5.69 Å². The highest BCUT2D eigenvalue weighted by molar-refractivity contribution is 6.08. The van der Waals surface area contributed by atoms with Gasteiger partial charge in [-0.25, -0.2) is 0 Å². The summed E-state index contributed by atoms with van der Waals surface area (Å²) in [5.41, 5.74) is 27.5. The number of nitrogens with zero attached hydrogens (tertiary/aromatic N) is 1. The van der Waals surface area contributed by atoms with Crippen molar-refractivity contribution in [3.63, 3.8) is 0 Å². The van der Waals surface area contributed by atoms with E-state index in [9.17, 15) is 0 Å². The average molecular weight is 874 g/mol. The van der Waals surface area contributed by atoms with Crippen molar-refractivity contribution >= 4 is 38.5 Å². The molecule has 0 aliphatic heterocycles. The Morgan fingerprint density at radius 3 is 2.00 bits per heavy atom. The van der Waals surface area contributed by atoms with Gasteiger partial charge >= 0.3 is 0 Å². The number of anilines is 2. The van der Waals surface area contributed by atoms with Crippen LogP contribution in [0.4, 0.5) is 11.4 Å². The summed E-state index contributed by atoms with van der Waals surface area (Å²) >= 11 is 0. The first-order chi connectivity index (χ1) is 32.8. The summed E-state index contributed by atoms with van der Waals surface area (Å²) in [7, 11) is 0. The molecule has 68 heavy (non-hydrogen) atoms. The maximum absolute atomic E-state index is 3.47. The van der Waals surface area contributed by atoms with Crippen LogP contribution in [-0.2, 0) is 16.2 Å². The molecule has 0 heterocycles. The van der Waals surface area contributed by atoms with Crippen LogP contribution < -0.4 is 4.90 Å². The van der Waals surface area contributed by atoms with E-state index in [1.807, 2.05) is 6.07 Å². The maximum Gasteiger partial charge on any atom is 0.0543 e. The van der Waals surface area contributed by atoms with E-state index in [4.69, 9.17) is 0 Å². The van der Waals surface area contributed by atoms with Gasteiger partial charge in [0.1, 0.15) is 0 Å². The highest BCUT2D eigenvalue weighted by atomic mass is 15.2. The standard InChI is InChI=1S/C67H55N/c1-40-26-27-41(2)52(34-40)53-37-61-64(50-24-15-14-23-48(50)53)51-32-30-45(36-58(51)67(61,7)8)68(62-25-17-16-21-46(62)42-18-10-9-11-19-42)44-29-31-49-54-38-60-55(39-59(54)66(5,6)57(49)35-44)63-47-22-13-12-20-43(47)28-33-56(63)65(60,3)4/h9-10,12-18,20-29,31,33-39H,30,32H2,1-8H3. The minimum atomic E-state index is -0.222. The van der Waals surface area contributed by atoms with Gasteiger partial charge in [0.25, 0.3) is 0 Å². The van der Waals surface area contributed by atoms with E-state index < -0.39 is 0 Å². The van der Waals surface area contributed by atoms with Crippen LogP contribution in [0.15, 0.2) is 175 Å². The lowest BCUT2D eigenvalue weighted by atomic mass is 9.78. The number of fused-ring (bicyclic) bond motifs is 12. The molecule has 0 aromatic heterocycles. The molecule has 0 saturated heterocycles. The summed E-state index contributed by atoms with van der Waals surface area (Å²) in [6.07, 6.45) is 4.45. The molecule has 328 valence electrons. The monoisotopic (exact) mass is 873 g/mol. The van der Waals surface area contributed by atoms with Crippen molar-refractivity contribution in [3.05, 3.63) is 232 Å². The van der Waals surface area contributed by atoms with Crippen molar-refractivity contribution in [1.29, 1.82) is 0 Å². The van der Waals surface area contributed by atoms with E-state index in [1.54, 1.807) is 0 Å². The van der Waals surface area contributed by atoms with E-state index >= 15 is 0 Å². The topological polar surface area (TPSA) is 3.24 Å². The molecule has 0 bridgehead atoms. The lowest BCUT2D eigenvalue weighted by molar-refractivity contribution is 0.649. The fraction of sp³-hybridized carbons (Fsp3) is 0.194. The van der Waals surface area contributed by atoms with Gasteiger partial charge in [-0.2, -0.15) is 0 Å². The molecule has 1 heteroatoms. The van der Waals surface area contributed by atoms with Crippen LogP contribution in [0.3, 0.4) is 0 Å². The van der Waals surface area contributed by atoms with Crippen LogP contribution in [0.2, 0.25) is 0 Å². The molecular formula is C67H55N. The molecule has 0 unspecified atom stereocenters. The molecule has 0 atom stereocenters. The number of hydrogen-bond acceptors (Lipinski definition) is 1. The second-order valence-electron chi connectivity index (χ2n) is 21.6. The van der Waals surface area contributed by atoms with Gasteiger partial charge in [0, 0.05) is 38.8 Å². The smallest absolute Gasteiger partial charge is 0.0543 e. The summed E-state index contributed by atoms with van der Waals surface area (Å²) in [5, 5.41) is 5.34. The highest BCUT2D eigenvalue weighted by Crippen LogP contribution is 2.59. The third-order valence-electron chi connectivity index (χ3n) is 16.6. The molecular weight excluding hydrogens is 819 g/mol. The molecule has 13 rings (SSSR count). The largest absolute Gasteiger partial charge is 0.314 e. The number of allylic oxidation sites excluding steroid dienone is 4. The summed E-state index contributed by atoms with van der Waals surface area (Å²) in [6, 6.07) is 66.5. The summed E-state index contributed by atoms with van der Waals surface area (Å²) in [4.78, 5) is 2.59. The van der Waals surface area contributed by atoms with E-state index in [1.165, 1.54) is 122 Å². The predicted octanol–water partition coefficient (Wildman–Crippen LogP) is 17.7. The lowest BCUT2D eigenvalue weighted by Crippen LogP contribution is -2.23. The first-order valence-corrected chi connectivity index (χ1v) is 24.6. The van der Waals surface area contributed by atoms with Gasteiger partial charge in [0.15, 0.2) is 0 Å². The van der Waals surface area contributed by atoms with Gasteiger partial charge in [-0.15, -0.1) is 0 Å². The van der Waals surface area contributed by atoms with E-state index in [2.05, 4.69) is 230 Å². The van der Waals surface area contributed by atoms with Gasteiger partial charge in [-0.3, -0.25) is 0 Å². The normalized spacial score (nSPS) is 16.4. The number of benzene rings is 8. The molecule has 0 amide bonds. The minimum Gasteiger partial charge on any atom is -0.314 e. The molecule has 9 aromatic carbocycles. The zero-order valence-corrected chi connectivity index (χ0v) is 40.4. The number of aryl methyl sites for hydroxylation is 2. The molecule has 4 aliphatic carbocycles. The third-order valence-corrected chi connectivity index (χ3v) is 16.6. The maximum atomic E-state index is 3.47. The Morgan fingerprint density at radius 2 is 1.18 bits per heavy atom. The summed E-state index contributed by atoms with van der Waals surface area (Å²) in [5.74, 6) is 0. The Balaban J connectivity index is 0.985. The van der Waals surface area contributed by atoms with Crippen LogP contribution in [0, 0.1) is 26.0 Å². The van der Waals surface area contributed by atoms with Crippen LogP contribution in [0.25, 0.3) is 71.6 Å². The molecule has 0 spiro atoms. The Bertz CT molecular complexity index is 3720. The molecule has 0 N–H and O–H groups in total. The van der Waals surface area contributed by atoms with Gasteiger partial charge in [-0.05, 0) is 186 Å². The van der Waals surface area contributed by atoms with E-state index in [0.717, 1.165) is 29.7 Å². The Kier molecular flexibility index (Phi) is 8.59. The summed E-state index contributed by atoms with van der Waals surface area (Å²) < 4.78 is 0. The third kappa shape index (κ3) is 5.64. The fourth-order valence-corrected chi connectivity index (χ4v) is 13.0. The Labute approximate surface area is 402 Å². The van der Waals surface area contributed by atoms with E-state index in [0.29, 0.717) is 0 Å². The van der Waals surface area contributed by atoms with Crippen LogP contribution in [-0.4, -0.2) is 0 Å². The minimum absolute atomic E-state index is 0.106. The van der Waals surface area contributed by atoms with Gasteiger partial charge < -0.3 is 4.90 Å². The Hall–Kier alpha value is -7.40. The fourth-order valence-electron chi connectivity index (χ4n) is 13.0. The zero-order valence-electron chi connectivity index (χ0n) is 40.4. The number of hydrogen-bond donors (Lipinski definition) is 0. The molecule has 4 aliphatic rings. The van der Waals surface area contributed by atoms with Gasteiger partial charge in [0.2, 0.25) is 0 Å². The average Bonchev–Trinajstić information content (AvgIpc) is 3.83. The second-order valence-corrected chi connectivity index (χ2v) is 21.6. The zero-order chi connectivity index (χ0) is 46.4. The first-order valence-electron chi connectivity index (χ1n) is 24.6. The molecule has 0 saturated carbocycles. The van der Waals surface area contributed by atoms with Crippen molar-refractivity contribution in [2.45, 2.75) is 84.5 Å². The van der Waals surface area contributed by atoms with Crippen molar-refractivity contribution < 1.29 is 0 Å². The SMILES string of the molecule is Cc1ccc(C)c(-c2cc3c(c4ccccc24)C2=C(C=C(N(c4ccc5c(c4)C(C)(C)c4cc6c(cc4-5)C(C)(C)c4ccc5ccccc5c4-6)c4ccccc4-c4c#cccc4)CC2)C3(C)C)c1. The molecule has 9 aromatic rings. The second kappa shape index (κ2) is 14.3. The number of rotatable bonds is 5. The predicted molar refractivity (Wildman–Crippen MR) is 287 cm³/mol. The van der Waals surface area contributed by atoms with Crippen LogP contribution in [0.1, 0.15) is 98.9 Å². The molecule has 0 fully saturated rings. The van der Waals surface area contributed by atoms with Crippen LogP contribution in [0.5, 0.6) is 0 Å².